The minimum atomic E-state index is -0.485. The number of hydrogen-bond donors (Lipinski definition) is 2. The normalized spacial score (nSPS) is 9.79. The standard InChI is InChI=1S/C13H18N2O4/c1-15-12(16)4-3-7-19-11-8-9(14)5-6-10(11)13(17)18-2/h5-6,8H,3-4,7,14H2,1-2H3,(H,15,16). The van der Waals surface area contributed by atoms with Gasteiger partial charge in [-0.05, 0) is 18.6 Å². The van der Waals surface area contributed by atoms with Crippen LogP contribution in [0.2, 0.25) is 0 Å². The van der Waals surface area contributed by atoms with E-state index in [1.54, 1.807) is 25.2 Å². The molecule has 0 saturated heterocycles. The summed E-state index contributed by atoms with van der Waals surface area (Å²) >= 11 is 0. The van der Waals surface area contributed by atoms with Crippen LogP contribution >= 0.6 is 0 Å². The van der Waals surface area contributed by atoms with Crippen LogP contribution < -0.4 is 15.8 Å². The molecule has 19 heavy (non-hydrogen) atoms. The number of rotatable bonds is 6. The van der Waals surface area contributed by atoms with Crippen LogP contribution in [0.5, 0.6) is 5.75 Å². The second-order valence-electron chi connectivity index (χ2n) is 3.87. The van der Waals surface area contributed by atoms with Crippen molar-refractivity contribution in [2.45, 2.75) is 12.8 Å². The highest BCUT2D eigenvalue weighted by atomic mass is 16.5. The molecule has 1 aromatic rings. The topological polar surface area (TPSA) is 90.6 Å². The molecule has 6 nitrogen and oxygen atoms in total. The maximum Gasteiger partial charge on any atom is 0.341 e. The molecule has 0 aliphatic carbocycles. The number of esters is 1. The number of nitrogens with two attached hydrogens (primary N) is 1. The predicted octanol–water partition coefficient (Wildman–Crippen LogP) is 0.960. The third-order valence-electron chi connectivity index (χ3n) is 2.50. The Hall–Kier alpha value is -2.24. The molecule has 1 amide bonds. The van der Waals surface area contributed by atoms with Gasteiger partial charge in [-0.15, -0.1) is 0 Å². The van der Waals surface area contributed by atoms with Gasteiger partial charge in [0.2, 0.25) is 5.91 Å². The summed E-state index contributed by atoms with van der Waals surface area (Å²) in [5, 5.41) is 2.52. The van der Waals surface area contributed by atoms with E-state index in [1.807, 2.05) is 0 Å². The Labute approximate surface area is 111 Å². The highest BCUT2D eigenvalue weighted by Crippen LogP contribution is 2.22. The first-order valence-electron chi connectivity index (χ1n) is 5.89. The van der Waals surface area contributed by atoms with Crippen molar-refractivity contribution in [3.8, 4) is 5.75 Å². The van der Waals surface area contributed by atoms with E-state index in [0.29, 0.717) is 36.4 Å². The van der Waals surface area contributed by atoms with Gasteiger partial charge in [-0.25, -0.2) is 4.79 Å². The molecule has 1 aromatic carbocycles. The fourth-order valence-corrected chi connectivity index (χ4v) is 1.48. The lowest BCUT2D eigenvalue weighted by atomic mass is 10.2. The van der Waals surface area contributed by atoms with E-state index < -0.39 is 5.97 Å². The van der Waals surface area contributed by atoms with Crippen molar-refractivity contribution in [2.75, 3.05) is 26.5 Å². The van der Waals surface area contributed by atoms with Gasteiger partial charge in [-0.1, -0.05) is 0 Å². The molecule has 0 aliphatic heterocycles. The Kier molecular flexibility index (Phi) is 5.66. The molecule has 104 valence electrons. The highest BCUT2D eigenvalue weighted by molar-refractivity contribution is 5.93. The van der Waals surface area contributed by atoms with Crippen molar-refractivity contribution < 1.29 is 19.1 Å². The number of nitrogen functional groups attached to an aromatic ring is 1. The van der Waals surface area contributed by atoms with Gasteiger partial charge in [0.15, 0.2) is 0 Å². The Morgan fingerprint density at radius 2 is 2.11 bits per heavy atom. The third kappa shape index (κ3) is 4.50. The molecule has 3 N–H and O–H groups in total. The summed E-state index contributed by atoms with van der Waals surface area (Å²) in [5.74, 6) is -0.172. The smallest absolute Gasteiger partial charge is 0.341 e. The van der Waals surface area contributed by atoms with E-state index in [0.717, 1.165) is 0 Å². The van der Waals surface area contributed by atoms with Crippen LogP contribution in [0.25, 0.3) is 0 Å². The lowest BCUT2D eigenvalue weighted by Gasteiger charge is -2.10. The summed E-state index contributed by atoms with van der Waals surface area (Å²) in [7, 11) is 2.88. The highest BCUT2D eigenvalue weighted by Gasteiger charge is 2.13. The van der Waals surface area contributed by atoms with Gasteiger partial charge in [-0.2, -0.15) is 0 Å². The van der Waals surface area contributed by atoms with E-state index in [-0.39, 0.29) is 5.91 Å². The predicted molar refractivity (Wildman–Crippen MR) is 71.0 cm³/mol. The van der Waals surface area contributed by atoms with Crippen LogP contribution in [0.1, 0.15) is 23.2 Å². The summed E-state index contributed by atoms with van der Waals surface area (Å²) in [5.41, 5.74) is 6.46. The number of hydrogen-bond acceptors (Lipinski definition) is 5. The van der Waals surface area contributed by atoms with Gasteiger partial charge in [0.05, 0.1) is 13.7 Å². The molecule has 1 rings (SSSR count). The summed E-state index contributed by atoms with van der Waals surface area (Å²) in [6.07, 6.45) is 0.918. The number of nitrogens with one attached hydrogen (secondary N) is 1. The van der Waals surface area contributed by atoms with Gasteiger partial charge in [0.1, 0.15) is 11.3 Å². The Morgan fingerprint density at radius 3 is 2.74 bits per heavy atom. The number of amides is 1. The maximum atomic E-state index is 11.5. The molecule has 0 unspecified atom stereocenters. The van der Waals surface area contributed by atoms with Crippen LogP contribution in [-0.4, -0.2) is 32.6 Å². The van der Waals surface area contributed by atoms with Crippen molar-refractivity contribution in [2.24, 2.45) is 0 Å². The fraction of sp³-hybridized carbons (Fsp3) is 0.385. The molecule has 0 bridgehead atoms. The zero-order chi connectivity index (χ0) is 14.3. The first kappa shape index (κ1) is 14.8. The summed E-state index contributed by atoms with van der Waals surface area (Å²) in [6, 6.07) is 4.71. The van der Waals surface area contributed by atoms with Crippen molar-refractivity contribution >= 4 is 17.6 Å². The van der Waals surface area contributed by atoms with E-state index in [2.05, 4.69) is 10.1 Å². The van der Waals surface area contributed by atoms with E-state index in [9.17, 15) is 9.59 Å². The van der Waals surface area contributed by atoms with Gasteiger partial charge >= 0.3 is 5.97 Å². The molecule has 6 heteroatoms. The lowest BCUT2D eigenvalue weighted by molar-refractivity contribution is -0.120. The minimum absolute atomic E-state index is 0.0515. The Morgan fingerprint density at radius 1 is 1.37 bits per heavy atom. The molecule has 0 saturated carbocycles. The van der Waals surface area contributed by atoms with E-state index in [4.69, 9.17) is 10.5 Å². The quantitative estimate of drug-likeness (QED) is 0.454. The fourth-order valence-electron chi connectivity index (χ4n) is 1.48. The zero-order valence-corrected chi connectivity index (χ0v) is 11.1. The average molecular weight is 266 g/mol. The van der Waals surface area contributed by atoms with Crippen molar-refractivity contribution in [3.63, 3.8) is 0 Å². The number of carbonyl (C=O) groups is 2. The molecular weight excluding hydrogens is 248 g/mol. The summed E-state index contributed by atoms with van der Waals surface area (Å²) in [4.78, 5) is 22.6. The van der Waals surface area contributed by atoms with Gasteiger partial charge < -0.3 is 20.5 Å². The molecule has 0 radical (unpaired) electrons. The second-order valence-corrected chi connectivity index (χ2v) is 3.87. The Bertz CT molecular complexity index is 460. The lowest BCUT2D eigenvalue weighted by Crippen LogP contribution is -2.18. The molecule has 0 aromatic heterocycles. The van der Waals surface area contributed by atoms with Crippen molar-refractivity contribution in [1.29, 1.82) is 0 Å². The van der Waals surface area contributed by atoms with Crippen LogP contribution in [0.15, 0.2) is 18.2 Å². The first-order valence-corrected chi connectivity index (χ1v) is 5.89. The van der Waals surface area contributed by atoms with E-state index >= 15 is 0 Å². The van der Waals surface area contributed by atoms with Crippen molar-refractivity contribution in [3.05, 3.63) is 23.8 Å². The molecular formula is C13H18N2O4. The van der Waals surface area contributed by atoms with Gasteiger partial charge in [-0.3, -0.25) is 4.79 Å². The first-order chi connectivity index (χ1) is 9.08. The summed E-state index contributed by atoms with van der Waals surface area (Å²) in [6.45, 7) is 0.320. The van der Waals surface area contributed by atoms with Gasteiger partial charge in [0.25, 0.3) is 0 Å². The molecule has 0 heterocycles. The largest absolute Gasteiger partial charge is 0.493 e. The molecule has 0 atom stereocenters. The number of anilines is 1. The van der Waals surface area contributed by atoms with E-state index in [1.165, 1.54) is 7.11 Å². The van der Waals surface area contributed by atoms with Crippen LogP contribution in [0, 0.1) is 0 Å². The number of methoxy groups -OCH3 is 1. The Balaban J connectivity index is 2.63. The van der Waals surface area contributed by atoms with Crippen molar-refractivity contribution in [1.82, 2.24) is 5.32 Å². The molecule has 0 aliphatic rings. The number of benzene rings is 1. The van der Waals surface area contributed by atoms with Crippen LogP contribution in [-0.2, 0) is 9.53 Å². The monoisotopic (exact) mass is 266 g/mol. The van der Waals surface area contributed by atoms with Gasteiger partial charge in [0, 0.05) is 25.2 Å². The van der Waals surface area contributed by atoms with Crippen LogP contribution in [0.3, 0.4) is 0 Å². The average Bonchev–Trinajstić information content (AvgIpc) is 2.42. The molecule has 0 fully saturated rings. The second kappa shape index (κ2) is 7.25. The van der Waals surface area contributed by atoms with Crippen LogP contribution in [0.4, 0.5) is 5.69 Å². The zero-order valence-electron chi connectivity index (χ0n) is 11.1. The number of ether oxygens (including phenoxy) is 2. The maximum absolute atomic E-state index is 11.5. The minimum Gasteiger partial charge on any atom is -0.493 e. The summed E-state index contributed by atoms with van der Waals surface area (Å²) < 4.78 is 10.1. The SMILES string of the molecule is CNC(=O)CCCOc1cc(N)ccc1C(=O)OC. The molecule has 0 spiro atoms. The third-order valence-corrected chi connectivity index (χ3v) is 2.50. The number of carbonyl (C=O) groups excluding carboxylic acids is 2.